The number of fused-ring (bicyclic) bond motifs is 1. The van der Waals surface area contributed by atoms with Crippen LogP contribution in [0, 0.1) is 5.92 Å². The van der Waals surface area contributed by atoms with Crippen LogP contribution in [-0.2, 0) is 24.9 Å². The van der Waals surface area contributed by atoms with E-state index >= 15 is 0 Å². The molecule has 0 unspecified atom stereocenters. The first-order chi connectivity index (χ1) is 18.4. The van der Waals surface area contributed by atoms with E-state index in [1.807, 2.05) is 17.0 Å². The Bertz CT molecular complexity index is 1520. The molecule has 1 N–H and O–H groups in total. The van der Waals surface area contributed by atoms with E-state index in [-0.39, 0.29) is 17.3 Å². The van der Waals surface area contributed by atoms with Gasteiger partial charge < -0.3 is 9.80 Å². The van der Waals surface area contributed by atoms with Crippen molar-refractivity contribution in [3.63, 3.8) is 0 Å². The number of benzene rings is 2. The Morgan fingerprint density at radius 2 is 1.54 bits per heavy atom. The Balaban J connectivity index is 0.000000648. The number of rotatable bonds is 5. The van der Waals surface area contributed by atoms with Crippen molar-refractivity contribution in [2.45, 2.75) is 17.7 Å². The number of hydrogen-bond donors (Lipinski definition) is 1. The molecule has 13 heteroatoms. The Morgan fingerprint density at radius 1 is 0.923 bits per heavy atom. The van der Waals surface area contributed by atoms with Gasteiger partial charge >= 0.3 is 0 Å². The highest BCUT2D eigenvalue weighted by atomic mass is 35.5. The minimum Gasteiger partial charge on any atom is -0.371 e. The van der Waals surface area contributed by atoms with Crippen molar-refractivity contribution in [2.75, 3.05) is 50.4 Å². The largest absolute Gasteiger partial charge is 0.371 e. The van der Waals surface area contributed by atoms with E-state index in [0.717, 1.165) is 36.7 Å². The molecule has 0 radical (unpaired) electrons. The third-order valence-corrected chi connectivity index (χ3v) is 8.89. The number of aromatic nitrogens is 1. The molecule has 2 aliphatic heterocycles. The third kappa shape index (κ3) is 7.89. The number of amides is 1. The number of sulfonamides is 1. The second-order valence-electron chi connectivity index (χ2n) is 9.70. The topological polar surface area (TPSA) is 128 Å². The quantitative estimate of drug-likeness (QED) is 0.446. The first-order valence-corrected chi connectivity index (χ1v) is 16.1. The molecule has 0 aliphatic carbocycles. The van der Waals surface area contributed by atoms with Crippen molar-refractivity contribution >= 4 is 54.1 Å². The molecule has 0 bridgehead atoms. The summed E-state index contributed by atoms with van der Waals surface area (Å²) in [6.45, 7) is 3.20. The molecular weight excluding hydrogens is 564 g/mol. The van der Waals surface area contributed by atoms with Crippen LogP contribution in [0.4, 0.5) is 5.69 Å². The summed E-state index contributed by atoms with van der Waals surface area (Å²) in [6, 6.07) is 14.4. The molecular formula is C26H31ClN4O6S2. The fraction of sp³-hybridized carbons (Fsp3) is 0.385. The van der Waals surface area contributed by atoms with Crippen LogP contribution in [0.3, 0.4) is 0 Å². The molecule has 0 spiro atoms. The lowest BCUT2D eigenvalue weighted by Crippen LogP contribution is -2.53. The van der Waals surface area contributed by atoms with Gasteiger partial charge in [-0.05, 0) is 65.9 Å². The Hall–Kier alpha value is -2.77. The summed E-state index contributed by atoms with van der Waals surface area (Å²) >= 11 is 6.03. The summed E-state index contributed by atoms with van der Waals surface area (Å²) in [5.74, 6) is 0.302. The Labute approximate surface area is 234 Å². The first kappa shape index (κ1) is 29.2. The van der Waals surface area contributed by atoms with Gasteiger partial charge in [0.05, 0.1) is 17.7 Å². The molecule has 0 atom stereocenters. The van der Waals surface area contributed by atoms with Crippen LogP contribution in [0.15, 0.2) is 65.8 Å². The van der Waals surface area contributed by atoms with Gasteiger partial charge in [-0.2, -0.15) is 12.7 Å². The van der Waals surface area contributed by atoms with Gasteiger partial charge in [0.1, 0.15) is 0 Å². The molecule has 5 rings (SSSR count). The molecule has 210 valence electrons. The fourth-order valence-electron chi connectivity index (χ4n) is 4.83. The molecule has 2 aliphatic rings. The normalized spacial score (nSPS) is 17.7. The molecule has 1 amide bonds. The summed E-state index contributed by atoms with van der Waals surface area (Å²) in [5.41, 5.74) is 1.18. The molecule has 1 aromatic heterocycles. The van der Waals surface area contributed by atoms with Crippen LogP contribution in [0.25, 0.3) is 10.8 Å². The highest BCUT2D eigenvalue weighted by Crippen LogP contribution is 2.27. The van der Waals surface area contributed by atoms with Gasteiger partial charge in [0.2, 0.25) is 15.9 Å². The number of piperazine rings is 1. The van der Waals surface area contributed by atoms with E-state index in [0.29, 0.717) is 36.8 Å². The van der Waals surface area contributed by atoms with E-state index in [1.165, 1.54) is 9.99 Å². The van der Waals surface area contributed by atoms with Crippen LogP contribution in [-0.4, -0.2) is 87.0 Å². The lowest BCUT2D eigenvalue weighted by atomic mass is 9.95. The second kappa shape index (κ2) is 12.2. The molecule has 10 nitrogen and oxygen atoms in total. The standard InChI is InChI=1S/C25H27ClN4O3S.CH4O3S/c26-22-3-1-21-16-24(4-2-20(21)15-22)34(32,33)30-14-13-29(25(31)18-30)17-19-7-11-28(12-8-19)23-5-9-27-10-6-23;1-5(2,3)4/h1-6,9-10,15-16,19H,7-8,11-14,17-18H2;1H3,(H,2,3,4). The van der Waals surface area contributed by atoms with Crippen LogP contribution in [0.5, 0.6) is 0 Å². The number of piperidine rings is 1. The minimum atomic E-state index is -3.75. The first-order valence-electron chi connectivity index (χ1n) is 12.4. The van der Waals surface area contributed by atoms with Crippen molar-refractivity contribution in [3.8, 4) is 0 Å². The Morgan fingerprint density at radius 3 is 2.18 bits per heavy atom. The van der Waals surface area contributed by atoms with E-state index in [9.17, 15) is 21.6 Å². The number of halogens is 1. The maximum absolute atomic E-state index is 13.2. The smallest absolute Gasteiger partial charge is 0.261 e. The second-order valence-corrected chi connectivity index (χ2v) is 13.5. The summed E-state index contributed by atoms with van der Waals surface area (Å²) in [6.07, 6.45) is 6.35. The third-order valence-electron chi connectivity index (χ3n) is 6.82. The molecule has 39 heavy (non-hydrogen) atoms. The zero-order chi connectivity index (χ0) is 28.2. The minimum absolute atomic E-state index is 0.114. The van der Waals surface area contributed by atoms with Crippen molar-refractivity contribution in [2.24, 2.45) is 5.92 Å². The highest BCUT2D eigenvalue weighted by Gasteiger charge is 2.34. The van der Waals surface area contributed by atoms with Gasteiger partial charge in [0.15, 0.2) is 0 Å². The van der Waals surface area contributed by atoms with E-state index in [2.05, 4.69) is 9.88 Å². The van der Waals surface area contributed by atoms with Crippen LogP contribution in [0.1, 0.15) is 12.8 Å². The van der Waals surface area contributed by atoms with Gasteiger partial charge in [0.25, 0.3) is 10.1 Å². The zero-order valence-corrected chi connectivity index (χ0v) is 23.9. The van der Waals surface area contributed by atoms with Gasteiger partial charge in [0, 0.05) is 55.8 Å². The van der Waals surface area contributed by atoms with Gasteiger partial charge in [-0.3, -0.25) is 14.3 Å². The maximum atomic E-state index is 13.2. The summed E-state index contributed by atoms with van der Waals surface area (Å²) in [4.78, 5) is 21.3. The highest BCUT2D eigenvalue weighted by molar-refractivity contribution is 7.89. The number of hydrogen-bond acceptors (Lipinski definition) is 7. The molecule has 3 aromatic rings. The monoisotopic (exact) mass is 594 g/mol. The number of pyridine rings is 1. The van der Waals surface area contributed by atoms with Crippen molar-refractivity contribution < 1.29 is 26.2 Å². The fourth-order valence-corrected chi connectivity index (χ4v) is 6.43. The SMILES string of the molecule is CS(=O)(=O)O.O=C1CN(S(=O)(=O)c2ccc3cc(Cl)ccc3c2)CCN1CC1CCN(c2ccncc2)CC1. The van der Waals surface area contributed by atoms with Crippen LogP contribution in [0.2, 0.25) is 5.02 Å². The van der Waals surface area contributed by atoms with Gasteiger partial charge in [-0.25, -0.2) is 8.42 Å². The molecule has 0 saturated carbocycles. The summed E-state index contributed by atoms with van der Waals surface area (Å²) < 4.78 is 53.6. The predicted octanol–water partition coefficient (Wildman–Crippen LogP) is 3.14. The predicted molar refractivity (Wildman–Crippen MR) is 151 cm³/mol. The Kier molecular flexibility index (Phi) is 9.12. The maximum Gasteiger partial charge on any atom is 0.261 e. The number of anilines is 1. The van der Waals surface area contributed by atoms with E-state index < -0.39 is 20.1 Å². The molecule has 2 fully saturated rings. The van der Waals surface area contributed by atoms with Gasteiger partial charge in [-0.1, -0.05) is 23.7 Å². The lowest BCUT2D eigenvalue weighted by Gasteiger charge is -2.38. The molecule has 3 heterocycles. The lowest BCUT2D eigenvalue weighted by molar-refractivity contribution is -0.134. The van der Waals surface area contributed by atoms with Crippen molar-refractivity contribution in [1.82, 2.24) is 14.2 Å². The molecule has 2 aromatic carbocycles. The van der Waals surface area contributed by atoms with Crippen molar-refractivity contribution in [3.05, 3.63) is 65.9 Å². The summed E-state index contributed by atoms with van der Waals surface area (Å²) in [7, 11) is -7.42. The summed E-state index contributed by atoms with van der Waals surface area (Å²) in [5, 5.41) is 2.28. The number of nitrogens with zero attached hydrogens (tertiary/aromatic N) is 4. The average molecular weight is 595 g/mol. The van der Waals surface area contributed by atoms with Crippen LogP contribution >= 0.6 is 11.6 Å². The average Bonchev–Trinajstić information content (AvgIpc) is 2.89. The molecule has 2 saturated heterocycles. The number of carbonyl (C=O) groups excluding carboxylic acids is 1. The van der Waals surface area contributed by atoms with Crippen LogP contribution < -0.4 is 4.90 Å². The zero-order valence-electron chi connectivity index (χ0n) is 21.5. The van der Waals surface area contributed by atoms with Crippen molar-refractivity contribution in [1.29, 1.82) is 0 Å². The van der Waals surface area contributed by atoms with E-state index in [4.69, 9.17) is 16.2 Å². The van der Waals surface area contributed by atoms with Gasteiger partial charge in [-0.15, -0.1) is 0 Å². The number of carbonyl (C=O) groups is 1. The van der Waals surface area contributed by atoms with E-state index in [1.54, 1.807) is 48.8 Å².